The number of morpholine rings is 1. The average molecular weight is 277 g/mol. The fraction of sp³-hybridized carbons (Fsp3) is 0.533. The van der Waals surface area contributed by atoms with Crippen LogP contribution in [-0.2, 0) is 4.74 Å². The van der Waals surface area contributed by atoms with Gasteiger partial charge >= 0.3 is 0 Å². The molecule has 0 spiro atoms. The van der Waals surface area contributed by atoms with E-state index in [1.807, 2.05) is 30.1 Å². The highest BCUT2D eigenvalue weighted by Crippen LogP contribution is 2.18. The first-order chi connectivity index (χ1) is 9.70. The number of hydrazine groups is 1. The SMILES string of the molecule is CCCNc1cc(C)ccc1C(=O)NN1CCOCC1. The van der Waals surface area contributed by atoms with Crippen molar-refractivity contribution in [2.24, 2.45) is 0 Å². The van der Waals surface area contributed by atoms with Crippen molar-refractivity contribution in [3.05, 3.63) is 29.3 Å². The smallest absolute Gasteiger partial charge is 0.267 e. The molecule has 0 aromatic heterocycles. The molecule has 5 nitrogen and oxygen atoms in total. The number of ether oxygens (including phenoxy) is 1. The van der Waals surface area contributed by atoms with Gasteiger partial charge in [0.05, 0.1) is 18.8 Å². The zero-order valence-electron chi connectivity index (χ0n) is 12.2. The summed E-state index contributed by atoms with van der Waals surface area (Å²) in [6.07, 6.45) is 1.03. The van der Waals surface area contributed by atoms with E-state index < -0.39 is 0 Å². The molecule has 1 fully saturated rings. The summed E-state index contributed by atoms with van der Waals surface area (Å²) in [4.78, 5) is 12.4. The lowest BCUT2D eigenvalue weighted by Crippen LogP contribution is -2.48. The fourth-order valence-corrected chi connectivity index (χ4v) is 2.14. The molecule has 1 amide bonds. The van der Waals surface area contributed by atoms with Crippen molar-refractivity contribution in [2.45, 2.75) is 20.3 Å². The number of aryl methyl sites for hydroxylation is 1. The summed E-state index contributed by atoms with van der Waals surface area (Å²) in [5.41, 5.74) is 5.68. The molecule has 0 unspecified atom stereocenters. The first-order valence-electron chi connectivity index (χ1n) is 7.19. The summed E-state index contributed by atoms with van der Waals surface area (Å²) >= 11 is 0. The van der Waals surface area contributed by atoms with Crippen LogP contribution in [0.3, 0.4) is 0 Å². The lowest BCUT2D eigenvalue weighted by Gasteiger charge is -2.27. The van der Waals surface area contributed by atoms with E-state index in [-0.39, 0.29) is 5.91 Å². The van der Waals surface area contributed by atoms with E-state index in [4.69, 9.17) is 4.74 Å². The lowest BCUT2D eigenvalue weighted by molar-refractivity contribution is 0.0126. The van der Waals surface area contributed by atoms with Gasteiger partial charge in [0.1, 0.15) is 0 Å². The molecule has 2 N–H and O–H groups in total. The Bertz CT molecular complexity index is 456. The number of hydrogen-bond donors (Lipinski definition) is 2. The molecule has 1 saturated heterocycles. The monoisotopic (exact) mass is 277 g/mol. The molecular formula is C15H23N3O2. The Labute approximate surface area is 120 Å². The summed E-state index contributed by atoms with van der Waals surface area (Å²) in [7, 11) is 0. The predicted octanol–water partition coefficient (Wildman–Crippen LogP) is 1.79. The molecule has 5 heteroatoms. The number of amides is 1. The number of nitrogens with zero attached hydrogens (tertiary/aromatic N) is 1. The molecule has 0 radical (unpaired) electrons. The maximum absolute atomic E-state index is 12.4. The molecule has 0 atom stereocenters. The number of carbonyl (C=O) groups is 1. The molecule has 1 aromatic carbocycles. The fourth-order valence-electron chi connectivity index (χ4n) is 2.14. The summed E-state index contributed by atoms with van der Waals surface area (Å²) < 4.78 is 5.27. The second kappa shape index (κ2) is 7.26. The number of hydrogen-bond acceptors (Lipinski definition) is 4. The van der Waals surface area contributed by atoms with Gasteiger partial charge in [-0.05, 0) is 31.0 Å². The lowest BCUT2D eigenvalue weighted by atomic mass is 10.1. The molecule has 0 bridgehead atoms. The minimum atomic E-state index is -0.0643. The van der Waals surface area contributed by atoms with Crippen LogP contribution in [0.1, 0.15) is 29.3 Å². The van der Waals surface area contributed by atoms with Gasteiger partial charge in [-0.25, -0.2) is 5.01 Å². The van der Waals surface area contributed by atoms with Crippen molar-refractivity contribution in [3.8, 4) is 0 Å². The number of anilines is 1. The molecule has 110 valence electrons. The van der Waals surface area contributed by atoms with Crippen LogP contribution in [0.4, 0.5) is 5.69 Å². The molecule has 1 heterocycles. The molecule has 0 aliphatic carbocycles. The molecule has 20 heavy (non-hydrogen) atoms. The Morgan fingerprint density at radius 2 is 2.10 bits per heavy atom. The Morgan fingerprint density at radius 1 is 1.35 bits per heavy atom. The first kappa shape index (κ1) is 14.8. The first-order valence-corrected chi connectivity index (χ1v) is 7.19. The van der Waals surface area contributed by atoms with Gasteiger partial charge in [-0.1, -0.05) is 13.0 Å². The van der Waals surface area contributed by atoms with E-state index in [0.29, 0.717) is 18.8 Å². The summed E-state index contributed by atoms with van der Waals surface area (Å²) in [5.74, 6) is -0.0643. The van der Waals surface area contributed by atoms with Crippen LogP contribution in [0, 0.1) is 6.92 Å². The summed E-state index contributed by atoms with van der Waals surface area (Å²) in [5, 5.41) is 5.23. The quantitative estimate of drug-likeness (QED) is 0.861. The van der Waals surface area contributed by atoms with Gasteiger partial charge in [-0.2, -0.15) is 0 Å². The minimum absolute atomic E-state index is 0.0643. The van der Waals surface area contributed by atoms with Crippen LogP contribution in [0.2, 0.25) is 0 Å². The van der Waals surface area contributed by atoms with Crippen molar-refractivity contribution in [1.82, 2.24) is 10.4 Å². The van der Waals surface area contributed by atoms with Crippen LogP contribution in [0.5, 0.6) is 0 Å². The Hall–Kier alpha value is -1.59. The average Bonchev–Trinajstić information content (AvgIpc) is 2.46. The third-order valence-electron chi connectivity index (χ3n) is 3.26. The maximum atomic E-state index is 12.4. The van der Waals surface area contributed by atoms with E-state index in [9.17, 15) is 4.79 Å². The molecular weight excluding hydrogens is 254 g/mol. The number of benzene rings is 1. The number of rotatable bonds is 5. The molecule has 1 aliphatic rings. The highest BCUT2D eigenvalue weighted by molar-refractivity contribution is 5.99. The number of carbonyl (C=O) groups excluding carboxylic acids is 1. The molecule has 2 rings (SSSR count). The standard InChI is InChI=1S/C15H23N3O2/c1-3-6-16-14-11-12(2)4-5-13(14)15(19)17-18-7-9-20-10-8-18/h4-5,11,16H,3,6-10H2,1-2H3,(H,17,19). The molecule has 1 aromatic rings. The van der Waals surface area contributed by atoms with Gasteiger partial charge in [-0.15, -0.1) is 0 Å². The van der Waals surface area contributed by atoms with Crippen LogP contribution >= 0.6 is 0 Å². The van der Waals surface area contributed by atoms with Crippen LogP contribution in [0.15, 0.2) is 18.2 Å². The van der Waals surface area contributed by atoms with Crippen molar-refractivity contribution < 1.29 is 9.53 Å². The summed E-state index contributed by atoms with van der Waals surface area (Å²) in [6.45, 7) is 7.78. The van der Waals surface area contributed by atoms with Crippen LogP contribution < -0.4 is 10.7 Å². The predicted molar refractivity (Wildman–Crippen MR) is 79.8 cm³/mol. The topological polar surface area (TPSA) is 53.6 Å². The van der Waals surface area contributed by atoms with Gasteiger partial charge in [0.2, 0.25) is 0 Å². The van der Waals surface area contributed by atoms with E-state index >= 15 is 0 Å². The van der Waals surface area contributed by atoms with Crippen molar-refractivity contribution in [2.75, 3.05) is 38.2 Å². The third-order valence-corrected chi connectivity index (χ3v) is 3.26. The van der Waals surface area contributed by atoms with Crippen molar-refractivity contribution >= 4 is 11.6 Å². The van der Waals surface area contributed by atoms with Gasteiger partial charge in [0.25, 0.3) is 5.91 Å². The van der Waals surface area contributed by atoms with Gasteiger partial charge in [0, 0.05) is 25.3 Å². The largest absolute Gasteiger partial charge is 0.384 e. The van der Waals surface area contributed by atoms with Gasteiger partial charge in [0.15, 0.2) is 0 Å². The third kappa shape index (κ3) is 3.95. The van der Waals surface area contributed by atoms with E-state index in [1.54, 1.807) is 0 Å². The second-order valence-corrected chi connectivity index (χ2v) is 5.02. The molecule has 1 aliphatic heterocycles. The van der Waals surface area contributed by atoms with Crippen LogP contribution in [0.25, 0.3) is 0 Å². The number of nitrogens with one attached hydrogen (secondary N) is 2. The zero-order valence-corrected chi connectivity index (χ0v) is 12.2. The Morgan fingerprint density at radius 3 is 2.80 bits per heavy atom. The summed E-state index contributed by atoms with van der Waals surface area (Å²) in [6, 6.07) is 5.86. The van der Waals surface area contributed by atoms with E-state index in [2.05, 4.69) is 17.7 Å². The van der Waals surface area contributed by atoms with Crippen LogP contribution in [-0.4, -0.2) is 43.8 Å². The van der Waals surface area contributed by atoms with Crippen molar-refractivity contribution in [3.63, 3.8) is 0 Å². The van der Waals surface area contributed by atoms with E-state index in [1.165, 1.54) is 0 Å². The normalized spacial score (nSPS) is 15.9. The zero-order chi connectivity index (χ0) is 14.4. The van der Waals surface area contributed by atoms with Gasteiger partial charge < -0.3 is 10.1 Å². The van der Waals surface area contributed by atoms with Crippen molar-refractivity contribution in [1.29, 1.82) is 0 Å². The second-order valence-electron chi connectivity index (χ2n) is 5.02. The van der Waals surface area contributed by atoms with Gasteiger partial charge in [-0.3, -0.25) is 10.2 Å². The highest BCUT2D eigenvalue weighted by Gasteiger charge is 2.16. The Balaban J connectivity index is 2.07. The van der Waals surface area contributed by atoms with E-state index in [0.717, 1.165) is 37.3 Å². The maximum Gasteiger partial charge on any atom is 0.267 e. The highest BCUT2D eigenvalue weighted by atomic mass is 16.5. The Kier molecular flexibility index (Phi) is 5.38. The minimum Gasteiger partial charge on any atom is -0.384 e. The molecule has 0 saturated carbocycles.